The van der Waals surface area contributed by atoms with Crippen LogP contribution < -0.4 is 11.1 Å². The molecule has 0 aliphatic carbocycles. The molecule has 7 nitrogen and oxygen atoms in total. The molecule has 0 saturated carbocycles. The van der Waals surface area contributed by atoms with Crippen LogP contribution in [0, 0.1) is 10.1 Å². The summed E-state index contributed by atoms with van der Waals surface area (Å²) < 4.78 is 0. The maximum absolute atomic E-state index is 11.6. The maximum atomic E-state index is 11.6. The average molecular weight is 280 g/mol. The van der Waals surface area contributed by atoms with Crippen molar-refractivity contribution >= 4 is 17.3 Å². The van der Waals surface area contributed by atoms with Crippen LogP contribution in [0.4, 0.5) is 11.4 Å². The molecular weight excluding hydrogens is 260 g/mol. The van der Waals surface area contributed by atoms with Crippen LogP contribution in [0.1, 0.15) is 18.9 Å². The number of hydrogen-bond donors (Lipinski definition) is 2. The predicted molar refractivity (Wildman–Crippen MR) is 77.1 cm³/mol. The van der Waals surface area contributed by atoms with Crippen molar-refractivity contribution < 1.29 is 9.72 Å². The van der Waals surface area contributed by atoms with E-state index in [1.54, 1.807) is 11.9 Å². The molecule has 0 radical (unpaired) electrons. The molecule has 0 aliphatic heterocycles. The number of carbonyl (C=O) groups is 1. The molecule has 0 atom stereocenters. The second-order valence-corrected chi connectivity index (χ2v) is 4.66. The highest BCUT2D eigenvalue weighted by Crippen LogP contribution is 2.20. The molecule has 0 fully saturated rings. The number of anilines is 1. The van der Waals surface area contributed by atoms with Crippen LogP contribution in [0.5, 0.6) is 0 Å². The number of likely N-dealkylation sites (N-methyl/N-ethyl adjacent to an activating group) is 1. The summed E-state index contributed by atoms with van der Waals surface area (Å²) in [5.74, 6) is -0.0710. The Morgan fingerprint density at radius 2 is 2.20 bits per heavy atom. The molecule has 0 aliphatic rings. The van der Waals surface area contributed by atoms with E-state index in [9.17, 15) is 14.9 Å². The summed E-state index contributed by atoms with van der Waals surface area (Å²) in [4.78, 5) is 23.6. The Hall–Kier alpha value is -2.15. The highest BCUT2D eigenvalue weighted by molar-refractivity contribution is 5.77. The van der Waals surface area contributed by atoms with E-state index in [1.165, 1.54) is 18.2 Å². The van der Waals surface area contributed by atoms with Gasteiger partial charge in [0.15, 0.2) is 0 Å². The van der Waals surface area contributed by atoms with Crippen molar-refractivity contribution in [3.8, 4) is 0 Å². The Morgan fingerprint density at radius 3 is 2.80 bits per heavy atom. The molecule has 0 aromatic heterocycles. The Labute approximate surface area is 117 Å². The number of hydrogen-bond acceptors (Lipinski definition) is 5. The second-order valence-electron chi connectivity index (χ2n) is 4.66. The first-order valence-corrected chi connectivity index (χ1v) is 6.42. The molecule has 1 aromatic rings. The Kier molecular flexibility index (Phi) is 5.92. The van der Waals surface area contributed by atoms with Gasteiger partial charge in [-0.25, -0.2) is 0 Å². The summed E-state index contributed by atoms with van der Waals surface area (Å²) >= 11 is 0. The minimum Gasteiger partial charge on any atom is -0.398 e. The van der Waals surface area contributed by atoms with E-state index >= 15 is 0 Å². The fourth-order valence-corrected chi connectivity index (χ4v) is 1.75. The number of nitrogen functional groups attached to an aromatic ring is 1. The minimum atomic E-state index is -0.461. The fourth-order valence-electron chi connectivity index (χ4n) is 1.75. The van der Waals surface area contributed by atoms with Crippen molar-refractivity contribution in [1.29, 1.82) is 0 Å². The molecule has 1 rings (SSSR count). The zero-order chi connectivity index (χ0) is 15.1. The number of non-ortho nitro benzene ring substituents is 1. The normalized spacial score (nSPS) is 10.6. The van der Waals surface area contributed by atoms with Gasteiger partial charge in [0.25, 0.3) is 5.69 Å². The summed E-state index contributed by atoms with van der Waals surface area (Å²) in [7, 11) is 1.77. The third-order valence-electron chi connectivity index (χ3n) is 2.76. The zero-order valence-electron chi connectivity index (χ0n) is 11.8. The molecule has 3 N–H and O–H groups in total. The number of nitrogens with one attached hydrogen (secondary N) is 1. The van der Waals surface area contributed by atoms with Crippen LogP contribution in [0.15, 0.2) is 18.2 Å². The standard InChI is InChI=1S/C13H20N4O3/c1-3-6-15-13(18)9-16(2)8-10-7-11(17(19)20)4-5-12(10)14/h4-5,7H,3,6,8-9,14H2,1-2H3,(H,15,18). The number of nitro benzene ring substituents is 1. The molecule has 7 heteroatoms. The zero-order valence-corrected chi connectivity index (χ0v) is 11.8. The molecule has 110 valence electrons. The van der Waals surface area contributed by atoms with Gasteiger partial charge in [-0.15, -0.1) is 0 Å². The van der Waals surface area contributed by atoms with Crippen molar-refractivity contribution in [2.75, 3.05) is 25.9 Å². The van der Waals surface area contributed by atoms with E-state index in [-0.39, 0.29) is 18.1 Å². The van der Waals surface area contributed by atoms with E-state index in [4.69, 9.17) is 5.73 Å². The first-order valence-electron chi connectivity index (χ1n) is 6.42. The van der Waals surface area contributed by atoms with Gasteiger partial charge in [-0.2, -0.15) is 0 Å². The summed E-state index contributed by atoms with van der Waals surface area (Å²) in [5, 5.41) is 13.5. The number of rotatable bonds is 7. The first-order chi connectivity index (χ1) is 9.43. The van der Waals surface area contributed by atoms with Crippen molar-refractivity contribution in [3.63, 3.8) is 0 Å². The Balaban J connectivity index is 2.65. The van der Waals surface area contributed by atoms with Gasteiger partial charge in [-0.3, -0.25) is 19.8 Å². The van der Waals surface area contributed by atoms with Crippen LogP contribution >= 0.6 is 0 Å². The van der Waals surface area contributed by atoms with E-state index in [0.717, 1.165) is 6.42 Å². The molecule has 1 aromatic carbocycles. The fraction of sp³-hybridized carbons (Fsp3) is 0.462. The van der Waals surface area contributed by atoms with Crippen molar-refractivity contribution in [3.05, 3.63) is 33.9 Å². The van der Waals surface area contributed by atoms with Crippen molar-refractivity contribution in [2.45, 2.75) is 19.9 Å². The maximum Gasteiger partial charge on any atom is 0.269 e. The lowest BCUT2D eigenvalue weighted by molar-refractivity contribution is -0.384. The molecule has 1 amide bonds. The van der Waals surface area contributed by atoms with E-state index in [1.807, 2.05) is 6.92 Å². The van der Waals surface area contributed by atoms with Gasteiger partial charge in [-0.1, -0.05) is 6.92 Å². The molecule has 20 heavy (non-hydrogen) atoms. The van der Waals surface area contributed by atoms with Gasteiger partial charge in [0.05, 0.1) is 11.5 Å². The first kappa shape index (κ1) is 15.9. The van der Waals surface area contributed by atoms with Gasteiger partial charge >= 0.3 is 0 Å². The monoisotopic (exact) mass is 280 g/mol. The molecular formula is C13H20N4O3. The van der Waals surface area contributed by atoms with Crippen LogP contribution in [0.3, 0.4) is 0 Å². The van der Waals surface area contributed by atoms with Gasteiger partial charge < -0.3 is 11.1 Å². The highest BCUT2D eigenvalue weighted by Gasteiger charge is 2.12. The second kappa shape index (κ2) is 7.44. The van der Waals surface area contributed by atoms with Gasteiger partial charge in [-0.05, 0) is 25.1 Å². The van der Waals surface area contributed by atoms with Gasteiger partial charge in [0.1, 0.15) is 0 Å². The summed E-state index contributed by atoms with van der Waals surface area (Å²) in [5.41, 5.74) is 6.92. The Bertz CT molecular complexity index is 491. The van der Waals surface area contributed by atoms with Crippen LogP contribution in [0.25, 0.3) is 0 Å². The number of nitro groups is 1. The smallest absolute Gasteiger partial charge is 0.269 e. The van der Waals surface area contributed by atoms with Gasteiger partial charge in [0, 0.05) is 30.9 Å². The van der Waals surface area contributed by atoms with Gasteiger partial charge in [0.2, 0.25) is 5.91 Å². The number of nitrogens with two attached hydrogens (primary N) is 1. The lowest BCUT2D eigenvalue weighted by Crippen LogP contribution is -2.35. The predicted octanol–water partition coefficient (Wildman–Crippen LogP) is 1.13. The van der Waals surface area contributed by atoms with Crippen LogP contribution in [0.2, 0.25) is 0 Å². The average Bonchev–Trinajstić information content (AvgIpc) is 2.38. The SMILES string of the molecule is CCCNC(=O)CN(C)Cc1cc([N+](=O)[O-])ccc1N. The Morgan fingerprint density at radius 1 is 1.50 bits per heavy atom. The van der Waals surface area contributed by atoms with E-state index in [0.29, 0.717) is 24.3 Å². The van der Waals surface area contributed by atoms with E-state index < -0.39 is 4.92 Å². The molecule has 0 saturated heterocycles. The van der Waals surface area contributed by atoms with Crippen LogP contribution in [-0.2, 0) is 11.3 Å². The lowest BCUT2D eigenvalue weighted by atomic mass is 10.1. The van der Waals surface area contributed by atoms with Crippen molar-refractivity contribution in [2.24, 2.45) is 0 Å². The van der Waals surface area contributed by atoms with E-state index in [2.05, 4.69) is 5.32 Å². The number of carbonyl (C=O) groups excluding carboxylic acids is 1. The quantitative estimate of drug-likeness (QED) is 0.443. The summed E-state index contributed by atoms with van der Waals surface area (Å²) in [6.45, 7) is 3.23. The van der Waals surface area contributed by atoms with Crippen molar-refractivity contribution in [1.82, 2.24) is 10.2 Å². The molecule has 0 heterocycles. The number of amides is 1. The summed E-state index contributed by atoms with van der Waals surface area (Å²) in [6.07, 6.45) is 0.882. The number of nitrogens with zero attached hydrogens (tertiary/aromatic N) is 2. The largest absolute Gasteiger partial charge is 0.398 e. The molecule has 0 spiro atoms. The molecule has 0 bridgehead atoms. The third kappa shape index (κ3) is 4.85. The highest BCUT2D eigenvalue weighted by atomic mass is 16.6. The third-order valence-corrected chi connectivity index (χ3v) is 2.76. The lowest BCUT2D eigenvalue weighted by Gasteiger charge is -2.17. The topological polar surface area (TPSA) is 102 Å². The number of benzene rings is 1. The molecule has 0 unspecified atom stereocenters. The van der Waals surface area contributed by atoms with Crippen LogP contribution in [-0.4, -0.2) is 35.9 Å². The minimum absolute atomic E-state index is 0.00182. The summed E-state index contributed by atoms with van der Waals surface area (Å²) in [6, 6.07) is 4.32.